The summed E-state index contributed by atoms with van der Waals surface area (Å²) in [6.45, 7) is 4.52. The zero-order chi connectivity index (χ0) is 22.7. The van der Waals surface area contributed by atoms with Crippen molar-refractivity contribution in [2.45, 2.75) is 13.0 Å². The lowest BCUT2D eigenvalue weighted by Gasteiger charge is -2.36. The fourth-order valence-corrected chi connectivity index (χ4v) is 4.36. The normalized spacial score (nSPS) is 14.6. The first-order chi connectivity index (χ1) is 15.5. The van der Waals surface area contributed by atoms with E-state index < -0.39 is 5.97 Å². The number of piperazine rings is 1. The van der Waals surface area contributed by atoms with E-state index in [0.29, 0.717) is 33.5 Å². The molecule has 1 aliphatic rings. The van der Waals surface area contributed by atoms with Crippen molar-refractivity contribution in [2.24, 2.45) is 0 Å². The number of carbonyl (C=O) groups is 1. The Kier molecular flexibility index (Phi) is 6.66. The average molecular weight is 457 g/mol. The van der Waals surface area contributed by atoms with Crippen LogP contribution < -0.4 is 10.5 Å². The van der Waals surface area contributed by atoms with Gasteiger partial charge in [0.25, 0.3) is 5.56 Å². The van der Waals surface area contributed by atoms with E-state index in [1.807, 2.05) is 12.1 Å². The smallest absolute Gasteiger partial charge is 0.337 e. The molecule has 1 N–H and O–H groups in total. The second-order valence-corrected chi connectivity index (χ2v) is 8.16. The third-order valence-electron chi connectivity index (χ3n) is 5.82. The predicted octanol–water partition coefficient (Wildman–Crippen LogP) is 3.20. The fraction of sp³-hybridized carbons (Fsp3) is 0.348. The molecule has 0 unspecified atom stereocenters. The van der Waals surface area contributed by atoms with Gasteiger partial charge in [-0.25, -0.2) is 9.18 Å². The summed E-state index contributed by atoms with van der Waals surface area (Å²) in [4.78, 5) is 32.1. The van der Waals surface area contributed by atoms with Gasteiger partial charge in [-0.1, -0.05) is 12.1 Å². The molecule has 2 heterocycles. The van der Waals surface area contributed by atoms with Gasteiger partial charge >= 0.3 is 5.97 Å². The van der Waals surface area contributed by atoms with Crippen LogP contribution in [0.2, 0.25) is 0 Å². The standard InChI is InChI=1S/C23H25FN4O3S/c1-31-22(30)16-7-8-17-19(15-16)25-23(32)28(21(17)29)10-4-9-26-11-13-27(14-12-26)20-6-3-2-5-18(20)24/h2-3,5-8,15H,4,9-14H2,1H3,(H,25,32). The van der Waals surface area contributed by atoms with Crippen LogP contribution in [0.25, 0.3) is 10.9 Å². The highest BCUT2D eigenvalue weighted by molar-refractivity contribution is 7.71. The van der Waals surface area contributed by atoms with Gasteiger partial charge in [0.05, 0.1) is 29.3 Å². The fourth-order valence-electron chi connectivity index (χ4n) is 4.08. The number of hydrogen-bond donors (Lipinski definition) is 1. The maximum Gasteiger partial charge on any atom is 0.337 e. The first-order valence-corrected chi connectivity index (χ1v) is 11.0. The minimum atomic E-state index is -0.467. The number of halogens is 1. The molecule has 32 heavy (non-hydrogen) atoms. The number of ether oxygens (including phenoxy) is 1. The summed E-state index contributed by atoms with van der Waals surface area (Å²) in [5, 5.41) is 0.477. The molecule has 0 radical (unpaired) electrons. The van der Waals surface area contributed by atoms with Gasteiger partial charge < -0.3 is 14.6 Å². The van der Waals surface area contributed by atoms with Gasteiger partial charge in [-0.3, -0.25) is 14.3 Å². The number of methoxy groups -OCH3 is 1. The van der Waals surface area contributed by atoms with Gasteiger partial charge in [-0.05, 0) is 55.5 Å². The van der Waals surface area contributed by atoms with Gasteiger partial charge in [0.1, 0.15) is 5.82 Å². The molecule has 0 saturated carbocycles. The Morgan fingerprint density at radius 2 is 1.88 bits per heavy atom. The van der Waals surface area contributed by atoms with Crippen LogP contribution in [0.15, 0.2) is 47.3 Å². The van der Waals surface area contributed by atoms with E-state index in [-0.39, 0.29) is 11.4 Å². The summed E-state index contributed by atoms with van der Waals surface area (Å²) in [5.41, 5.74) is 1.35. The molecule has 1 aromatic heterocycles. The minimum absolute atomic E-state index is 0.176. The molecule has 1 fully saturated rings. The third kappa shape index (κ3) is 4.58. The Morgan fingerprint density at radius 3 is 2.59 bits per heavy atom. The number of fused-ring (bicyclic) bond motifs is 1. The number of anilines is 1. The van der Waals surface area contributed by atoms with Crippen molar-refractivity contribution in [3.63, 3.8) is 0 Å². The lowest BCUT2D eigenvalue weighted by atomic mass is 10.1. The number of esters is 1. The summed E-state index contributed by atoms with van der Waals surface area (Å²) in [6, 6.07) is 11.6. The number of rotatable bonds is 6. The van der Waals surface area contributed by atoms with Crippen molar-refractivity contribution in [1.29, 1.82) is 0 Å². The monoisotopic (exact) mass is 456 g/mol. The molecule has 0 amide bonds. The molecular weight excluding hydrogens is 431 g/mol. The molecule has 1 saturated heterocycles. The van der Waals surface area contributed by atoms with Gasteiger partial charge in [0.2, 0.25) is 0 Å². The van der Waals surface area contributed by atoms with Crippen LogP contribution >= 0.6 is 12.2 Å². The molecule has 0 bridgehead atoms. The summed E-state index contributed by atoms with van der Waals surface area (Å²) >= 11 is 5.39. The Labute approximate surface area is 190 Å². The van der Waals surface area contributed by atoms with E-state index in [4.69, 9.17) is 17.0 Å². The first-order valence-electron chi connectivity index (χ1n) is 10.5. The second kappa shape index (κ2) is 9.62. The third-order valence-corrected chi connectivity index (χ3v) is 6.15. The quantitative estimate of drug-likeness (QED) is 0.454. The summed E-state index contributed by atoms with van der Waals surface area (Å²) in [5.74, 6) is -0.657. The highest BCUT2D eigenvalue weighted by Gasteiger charge is 2.19. The van der Waals surface area contributed by atoms with E-state index >= 15 is 0 Å². The maximum atomic E-state index is 14.0. The molecule has 3 aromatic rings. The van der Waals surface area contributed by atoms with Crippen LogP contribution in [0.1, 0.15) is 16.8 Å². The number of nitrogens with zero attached hydrogens (tertiary/aromatic N) is 3. The molecule has 9 heteroatoms. The van der Waals surface area contributed by atoms with Gasteiger partial charge in [0, 0.05) is 32.7 Å². The van der Waals surface area contributed by atoms with Gasteiger partial charge in [-0.2, -0.15) is 0 Å². The van der Waals surface area contributed by atoms with E-state index in [0.717, 1.165) is 39.1 Å². The minimum Gasteiger partial charge on any atom is -0.465 e. The average Bonchev–Trinajstić information content (AvgIpc) is 2.81. The number of carbonyl (C=O) groups excluding carboxylic acids is 1. The largest absolute Gasteiger partial charge is 0.465 e. The molecular formula is C23H25FN4O3S. The van der Waals surface area contributed by atoms with Crippen LogP contribution in [0.3, 0.4) is 0 Å². The molecule has 0 spiro atoms. The van der Waals surface area contributed by atoms with E-state index in [1.54, 1.807) is 28.8 Å². The lowest BCUT2D eigenvalue weighted by molar-refractivity contribution is 0.0601. The van der Waals surface area contributed by atoms with Crippen LogP contribution in [0, 0.1) is 10.6 Å². The molecule has 2 aromatic carbocycles. The number of H-pyrrole nitrogens is 1. The van der Waals surface area contributed by atoms with Crippen molar-refractivity contribution < 1.29 is 13.9 Å². The molecule has 0 atom stereocenters. The Hall–Kier alpha value is -3.04. The molecule has 1 aliphatic heterocycles. The predicted molar refractivity (Wildman–Crippen MR) is 124 cm³/mol. The van der Waals surface area contributed by atoms with Crippen LogP contribution in [0.5, 0.6) is 0 Å². The Balaban J connectivity index is 1.38. The number of para-hydroxylation sites is 1. The summed E-state index contributed by atoms with van der Waals surface area (Å²) in [6.07, 6.45) is 0.767. The second-order valence-electron chi connectivity index (χ2n) is 7.77. The SMILES string of the molecule is COC(=O)c1ccc2c(=O)n(CCCN3CCN(c4ccccc4F)CC3)c(=S)[nH]c2c1. The molecule has 4 rings (SSSR count). The highest BCUT2D eigenvalue weighted by atomic mass is 32.1. The molecule has 7 nitrogen and oxygen atoms in total. The van der Waals surface area contributed by atoms with Crippen molar-refractivity contribution >= 4 is 34.8 Å². The topological polar surface area (TPSA) is 70.6 Å². The van der Waals surface area contributed by atoms with Crippen LogP contribution in [-0.2, 0) is 11.3 Å². The Morgan fingerprint density at radius 1 is 1.12 bits per heavy atom. The van der Waals surface area contributed by atoms with E-state index in [1.165, 1.54) is 13.2 Å². The van der Waals surface area contributed by atoms with Crippen molar-refractivity contribution in [3.05, 3.63) is 69.0 Å². The maximum absolute atomic E-state index is 14.0. The van der Waals surface area contributed by atoms with E-state index in [9.17, 15) is 14.0 Å². The number of hydrogen-bond acceptors (Lipinski definition) is 6. The van der Waals surface area contributed by atoms with Crippen LogP contribution in [-0.4, -0.2) is 60.3 Å². The number of aromatic nitrogens is 2. The summed E-state index contributed by atoms with van der Waals surface area (Å²) in [7, 11) is 1.31. The summed E-state index contributed by atoms with van der Waals surface area (Å²) < 4.78 is 20.6. The highest BCUT2D eigenvalue weighted by Crippen LogP contribution is 2.20. The van der Waals surface area contributed by atoms with Crippen LogP contribution in [0.4, 0.5) is 10.1 Å². The first kappa shape index (κ1) is 22.2. The number of benzene rings is 2. The number of aromatic amines is 1. The number of nitrogens with one attached hydrogen (secondary N) is 1. The Bertz CT molecular complexity index is 1250. The van der Waals surface area contributed by atoms with Crippen molar-refractivity contribution in [1.82, 2.24) is 14.5 Å². The lowest BCUT2D eigenvalue weighted by Crippen LogP contribution is -2.47. The van der Waals surface area contributed by atoms with Crippen molar-refractivity contribution in [3.8, 4) is 0 Å². The van der Waals surface area contributed by atoms with Crippen molar-refractivity contribution in [2.75, 3.05) is 44.7 Å². The molecule has 0 aliphatic carbocycles. The zero-order valence-electron chi connectivity index (χ0n) is 17.8. The van der Waals surface area contributed by atoms with Gasteiger partial charge in [0.15, 0.2) is 4.77 Å². The van der Waals surface area contributed by atoms with Gasteiger partial charge in [-0.15, -0.1) is 0 Å². The van der Waals surface area contributed by atoms with E-state index in [2.05, 4.69) is 14.8 Å². The molecule has 168 valence electrons. The zero-order valence-corrected chi connectivity index (χ0v) is 18.7.